The van der Waals surface area contributed by atoms with Crippen LogP contribution in [0.15, 0.2) is 60.7 Å². The molecule has 4 rings (SSSR count). The van der Waals surface area contributed by atoms with Crippen LogP contribution in [-0.4, -0.2) is 46.3 Å². The van der Waals surface area contributed by atoms with Crippen LogP contribution in [0, 0.1) is 17.2 Å². The molecule has 0 saturated carbocycles. The van der Waals surface area contributed by atoms with E-state index in [-0.39, 0.29) is 17.9 Å². The molecule has 2 aromatic carbocycles. The first-order valence-electron chi connectivity index (χ1n) is 11.8. The number of anilines is 2. The molecule has 0 spiro atoms. The molecular weight excluding hydrogens is 442 g/mol. The van der Waals surface area contributed by atoms with Crippen molar-refractivity contribution in [2.24, 2.45) is 5.92 Å². The lowest BCUT2D eigenvalue weighted by Crippen LogP contribution is -2.47. The lowest BCUT2D eigenvalue weighted by molar-refractivity contribution is -0.126. The molecule has 4 N–H and O–H groups in total. The number of piperidine rings is 1. The van der Waals surface area contributed by atoms with E-state index in [1.165, 1.54) is 0 Å². The van der Waals surface area contributed by atoms with Crippen molar-refractivity contribution < 1.29 is 9.59 Å². The van der Waals surface area contributed by atoms with Gasteiger partial charge < -0.3 is 21.3 Å². The maximum absolute atomic E-state index is 12.7. The second-order valence-electron chi connectivity index (χ2n) is 8.54. The van der Waals surface area contributed by atoms with Gasteiger partial charge in [-0.05, 0) is 49.9 Å². The first-order chi connectivity index (χ1) is 17.1. The van der Waals surface area contributed by atoms with Gasteiger partial charge in [-0.3, -0.25) is 4.79 Å². The molecule has 35 heavy (non-hydrogen) atoms. The second-order valence-corrected chi connectivity index (χ2v) is 8.54. The summed E-state index contributed by atoms with van der Waals surface area (Å²) in [6.07, 6.45) is 2.67. The van der Waals surface area contributed by atoms with Crippen molar-refractivity contribution in [1.82, 2.24) is 20.0 Å². The molecule has 0 aliphatic carbocycles. The fourth-order valence-corrected chi connectivity index (χ4v) is 4.25. The predicted molar refractivity (Wildman–Crippen MR) is 134 cm³/mol. The van der Waals surface area contributed by atoms with Gasteiger partial charge in [0.25, 0.3) is 0 Å². The van der Waals surface area contributed by atoms with Gasteiger partial charge in [-0.1, -0.05) is 36.4 Å². The van der Waals surface area contributed by atoms with Crippen LogP contribution >= 0.6 is 0 Å². The number of nitrogens with zero attached hydrogens (tertiary/aromatic N) is 4. The lowest BCUT2D eigenvalue weighted by Gasteiger charge is -2.32. The Morgan fingerprint density at radius 3 is 2.54 bits per heavy atom. The van der Waals surface area contributed by atoms with E-state index in [1.807, 2.05) is 60.7 Å². The van der Waals surface area contributed by atoms with Crippen molar-refractivity contribution in [3.63, 3.8) is 0 Å². The number of nitriles is 1. The van der Waals surface area contributed by atoms with E-state index in [0.29, 0.717) is 49.6 Å². The summed E-state index contributed by atoms with van der Waals surface area (Å²) in [5.74, 6) is 0.0127. The average Bonchev–Trinajstić information content (AvgIpc) is 3.22. The molecule has 9 heteroatoms. The number of carbonyl (C=O) groups is 2. The lowest BCUT2D eigenvalue weighted by atomic mass is 9.97. The minimum absolute atomic E-state index is 0.0583. The highest BCUT2D eigenvalue weighted by Gasteiger charge is 2.28. The molecule has 3 amide bonds. The van der Waals surface area contributed by atoms with Crippen LogP contribution in [0.5, 0.6) is 0 Å². The number of aryl methyl sites for hydroxylation is 1. The number of nitrogen functional groups attached to an aromatic ring is 1. The largest absolute Gasteiger partial charge is 0.382 e. The monoisotopic (exact) mass is 471 g/mol. The molecule has 2 heterocycles. The molecule has 1 aliphatic heterocycles. The Balaban J connectivity index is 1.27. The van der Waals surface area contributed by atoms with Crippen molar-refractivity contribution in [3.05, 3.63) is 71.9 Å². The van der Waals surface area contributed by atoms with Gasteiger partial charge in [-0.15, -0.1) is 0 Å². The van der Waals surface area contributed by atoms with Gasteiger partial charge in [-0.25, -0.2) is 9.48 Å². The Bertz CT molecular complexity index is 1200. The Kier molecular flexibility index (Phi) is 7.63. The molecule has 1 unspecified atom stereocenters. The molecule has 0 radical (unpaired) electrons. The Hall–Kier alpha value is -4.32. The van der Waals surface area contributed by atoms with Crippen LogP contribution in [0.4, 0.5) is 16.3 Å². The second kappa shape index (κ2) is 11.2. The number of hydrogen-bond donors (Lipinski definition) is 3. The van der Waals surface area contributed by atoms with Gasteiger partial charge >= 0.3 is 6.03 Å². The van der Waals surface area contributed by atoms with Crippen molar-refractivity contribution in [2.45, 2.75) is 25.7 Å². The Morgan fingerprint density at radius 2 is 1.83 bits per heavy atom. The molecule has 3 aromatic rings. The molecule has 0 bridgehead atoms. The number of nitrogens with one attached hydrogen (secondary N) is 2. The zero-order chi connectivity index (χ0) is 24.6. The van der Waals surface area contributed by atoms with Gasteiger partial charge in [0.15, 0.2) is 0 Å². The highest BCUT2D eigenvalue weighted by Crippen LogP contribution is 2.22. The van der Waals surface area contributed by atoms with Gasteiger partial charge in [0.2, 0.25) is 5.91 Å². The quantitative estimate of drug-likeness (QED) is 0.455. The Labute approximate surface area is 204 Å². The number of nitrogens with two attached hydrogens (primary N) is 1. The maximum atomic E-state index is 12.7. The van der Waals surface area contributed by atoms with E-state index in [2.05, 4.69) is 21.8 Å². The van der Waals surface area contributed by atoms with E-state index >= 15 is 0 Å². The van der Waals surface area contributed by atoms with Gasteiger partial charge in [0.1, 0.15) is 17.5 Å². The maximum Gasteiger partial charge on any atom is 0.321 e. The van der Waals surface area contributed by atoms with Crippen LogP contribution in [0.2, 0.25) is 0 Å². The first-order valence-corrected chi connectivity index (χ1v) is 11.8. The number of rotatable bonds is 7. The van der Waals surface area contributed by atoms with Crippen LogP contribution in [-0.2, 0) is 11.2 Å². The van der Waals surface area contributed by atoms with Crippen molar-refractivity contribution in [2.75, 3.05) is 30.7 Å². The van der Waals surface area contributed by atoms with Crippen LogP contribution < -0.4 is 16.4 Å². The highest BCUT2D eigenvalue weighted by atomic mass is 16.2. The van der Waals surface area contributed by atoms with E-state index in [9.17, 15) is 14.9 Å². The summed E-state index contributed by atoms with van der Waals surface area (Å²) in [6.45, 7) is 1.47. The molecule has 1 aliphatic rings. The zero-order valence-electron chi connectivity index (χ0n) is 19.5. The number of amides is 3. The van der Waals surface area contributed by atoms with Crippen molar-refractivity contribution >= 4 is 23.4 Å². The van der Waals surface area contributed by atoms with Crippen molar-refractivity contribution in [3.8, 4) is 11.8 Å². The summed E-state index contributed by atoms with van der Waals surface area (Å²) in [5.41, 5.74) is 8.66. The minimum atomic E-state index is -0.243. The van der Waals surface area contributed by atoms with E-state index < -0.39 is 0 Å². The summed E-state index contributed by atoms with van der Waals surface area (Å²) < 4.78 is 1.57. The van der Waals surface area contributed by atoms with Crippen LogP contribution in [0.1, 0.15) is 30.5 Å². The number of para-hydroxylation sites is 2. The minimum Gasteiger partial charge on any atom is -0.382 e. The fourth-order valence-electron chi connectivity index (χ4n) is 4.25. The zero-order valence-corrected chi connectivity index (χ0v) is 19.5. The summed E-state index contributed by atoms with van der Waals surface area (Å²) >= 11 is 0. The fraction of sp³-hybridized carbons (Fsp3) is 0.308. The SMILES string of the molecule is N#Cc1c(CCCNC(=O)C2CCCN(C(=O)Nc3ccccc3)C2)nn(-c2ccccc2)c1N. The third-order valence-corrected chi connectivity index (χ3v) is 6.10. The predicted octanol–water partition coefficient (Wildman–Crippen LogP) is 3.32. The summed E-state index contributed by atoms with van der Waals surface area (Å²) in [4.78, 5) is 27.0. The normalized spacial score (nSPS) is 15.3. The van der Waals surface area contributed by atoms with Gasteiger partial charge in [0.05, 0.1) is 17.3 Å². The Morgan fingerprint density at radius 1 is 1.11 bits per heavy atom. The third kappa shape index (κ3) is 5.79. The first kappa shape index (κ1) is 23.8. The third-order valence-electron chi connectivity index (χ3n) is 6.10. The van der Waals surface area contributed by atoms with Crippen LogP contribution in [0.25, 0.3) is 5.69 Å². The molecule has 1 aromatic heterocycles. The molecule has 9 nitrogen and oxygen atoms in total. The smallest absolute Gasteiger partial charge is 0.321 e. The number of hydrogen-bond acceptors (Lipinski definition) is 5. The molecule has 1 saturated heterocycles. The average molecular weight is 472 g/mol. The van der Waals surface area contributed by atoms with Crippen LogP contribution in [0.3, 0.4) is 0 Å². The summed E-state index contributed by atoms with van der Waals surface area (Å²) in [7, 11) is 0. The number of benzene rings is 2. The van der Waals surface area contributed by atoms with Gasteiger partial charge in [-0.2, -0.15) is 10.4 Å². The molecular formula is C26H29N7O2. The topological polar surface area (TPSA) is 129 Å². The van der Waals surface area contributed by atoms with E-state index in [4.69, 9.17) is 5.73 Å². The highest BCUT2D eigenvalue weighted by molar-refractivity contribution is 5.90. The summed E-state index contributed by atoms with van der Waals surface area (Å²) in [5, 5.41) is 19.9. The standard InChI is InChI=1S/C26H29N7O2/c27-17-22-23(31-33(24(22)28)21-12-5-2-6-13-21)14-7-15-29-25(34)19-9-8-16-32(18-19)26(35)30-20-10-3-1-4-11-20/h1-6,10-13,19H,7-9,14-16,18,28H2,(H,29,34)(H,30,35). The number of urea groups is 1. The van der Waals surface area contributed by atoms with Gasteiger partial charge in [0, 0.05) is 25.3 Å². The molecule has 1 atom stereocenters. The molecule has 1 fully saturated rings. The van der Waals surface area contributed by atoms with Crippen molar-refractivity contribution in [1.29, 1.82) is 5.26 Å². The molecule has 180 valence electrons. The van der Waals surface area contributed by atoms with E-state index in [0.717, 1.165) is 24.2 Å². The number of aromatic nitrogens is 2. The van der Waals surface area contributed by atoms with E-state index in [1.54, 1.807) is 9.58 Å². The number of likely N-dealkylation sites (tertiary alicyclic amines) is 1. The number of carbonyl (C=O) groups excluding carboxylic acids is 2. The summed E-state index contributed by atoms with van der Waals surface area (Å²) in [6, 6.07) is 20.7.